The Bertz CT molecular complexity index is 1050. The molecule has 1 aromatic heterocycles. The first-order valence-corrected chi connectivity index (χ1v) is 10.7. The van der Waals surface area contributed by atoms with Crippen molar-refractivity contribution in [1.82, 2.24) is 25.0 Å². The normalized spacial score (nSPS) is 20.6. The Kier molecular flexibility index (Phi) is 5.27. The van der Waals surface area contributed by atoms with Crippen LogP contribution in [0.2, 0.25) is 5.02 Å². The number of benzene rings is 2. The van der Waals surface area contributed by atoms with Crippen molar-refractivity contribution in [3.8, 4) is 0 Å². The average Bonchev–Trinajstić information content (AvgIpc) is 3.35. The van der Waals surface area contributed by atoms with E-state index in [2.05, 4.69) is 26.5 Å². The summed E-state index contributed by atoms with van der Waals surface area (Å²) in [4.78, 5) is 15.2. The van der Waals surface area contributed by atoms with Crippen molar-refractivity contribution in [2.24, 2.45) is 11.8 Å². The Hall–Kier alpha value is -2.70. The van der Waals surface area contributed by atoms with Crippen molar-refractivity contribution in [1.29, 1.82) is 0 Å². The predicted octanol–water partition coefficient (Wildman–Crippen LogP) is 3.17. The molecule has 0 aliphatic carbocycles. The Morgan fingerprint density at radius 2 is 1.77 bits per heavy atom. The van der Waals surface area contributed by atoms with E-state index < -0.39 is 0 Å². The summed E-state index contributed by atoms with van der Waals surface area (Å²) in [5, 5.41) is 12.3. The molecule has 2 unspecified atom stereocenters. The smallest absolute Gasteiger partial charge is 0.289 e. The van der Waals surface area contributed by atoms with Crippen LogP contribution in [0.1, 0.15) is 27.6 Å². The van der Waals surface area contributed by atoms with E-state index in [0.29, 0.717) is 24.2 Å². The maximum absolute atomic E-state index is 12.7. The van der Waals surface area contributed by atoms with Gasteiger partial charge in [-0.2, -0.15) is 0 Å². The second-order valence-corrected chi connectivity index (χ2v) is 8.64. The summed E-state index contributed by atoms with van der Waals surface area (Å²) in [5.74, 6) is 2.22. The van der Waals surface area contributed by atoms with Crippen LogP contribution in [0.5, 0.6) is 0 Å². The van der Waals surface area contributed by atoms with E-state index in [9.17, 15) is 4.79 Å². The van der Waals surface area contributed by atoms with Crippen LogP contribution in [0.3, 0.4) is 0 Å². The molecule has 0 bridgehead atoms. The SMILES string of the molecule is O=C(NCc1ccccc1)c1nnc2n1CC1CN(Cc3ccccc3Cl)CC1C2. The third-order valence-corrected chi connectivity index (χ3v) is 6.56. The number of nitrogens with one attached hydrogen (secondary N) is 1. The van der Waals surface area contributed by atoms with Crippen LogP contribution in [0, 0.1) is 11.8 Å². The van der Waals surface area contributed by atoms with E-state index in [-0.39, 0.29) is 5.91 Å². The molecule has 0 radical (unpaired) electrons. The summed E-state index contributed by atoms with van der Waals surface area (Å²) in [5.41, 5.74) is 2.23. The summed E-state index contributed by atoms with van der Waals surface area (Å²) in [7, 11) is 0. The molecule has 1 amide bonds. The molecule has 6 nitrogen and oxygen atoms in total. The fourth-order valence-electron chi connectivity index (χ4n) is 4.64. The zero-order chi connectivity index (χ0) is 20.5. The molecule has 2 aliphatic heterocycles. The van der Waals surface area contributed by atoms with E-state index in [1.54, 1.807) is 0 Å². The van der Waals surface area contributed by atoms with Gasteiger partial charge in [-0.3, -0.25) is 9.69 Å². The van der Waals surface area contributed by atoms with Gasteiger partial charge in [0, 0.05) is 44.2 Å². The van der Waals surface area contributed by atoms with Crippen LogP contribution in [-0.2, 0) is 26.1 Å². The van der Waals surface area contributed by atoms with Crippen LogP contribution in [0.4, 0.5) is 0 Å². The number of carbonyl (C=O) groups is 1. The van der Waals surface area contributed by atoms with Crippen LogP contribution in [0.25, 0.3) is 0 Å². The van der Waals surface area contributed by atoms with Gasteiger partial charge in [-0.1, -0.05) is 60.1 Å². The summed E-state index contributed by atoms with van der Waals surface area (Å²) >= 11 is 6.35. The van der Waals surface area contributed by atoms with Crippen LogP contribution in [0.15, 0.2) is 54.6 Å². The molecule has 1 saturated heterocycles. The van der Waals surface area contributed by atoms with Crippen molar-refractivity contribution >= 4 is 17.5 Å². The maximum Gasteiger partial charge on any atom is 0.289 e. The van der Waals surface area contributed by atoms with Gasteiger partial charge in [0.25, 0.3) is 5.91 Å². The van der Waals surface area contributed by atoms with E-state index >= 15 is 0 Å². The highest BCUT2D eigenvalue weighted by Gasteiger charge is 2.39. The van der Waals surface area contributed by atoms with E-state index in [1.165, 1.54) is 0 Å². The monoisotopic (exact) mass is 421 g/mol. The number of aromatic nitrogens is 3. The minimum absolute atomic E-state index is 0.165. The van der Waals surface area contributed by atoms with E-state index in [0.717, 1.165) is 54.6 Å². The lowest BCUT2D eigenvalue weighted by Crippen LogP contribution is -2.32. The van der Waals surface area contributed by atoms with Gasteiger partial charge in [-0.15, -0.1) is 10.2 Å². The lowest BCUT2D eigenvalue weighted by atomic mass is 9.89. The fourth-order valence-corrected chi connectivity index (χ4v) is 4.84. The highest BCUT2D eigenvalue weighted by atomic mass is 35.5. The number of hydrogen-bond acceptors (Lipinski definition) is 4. The molecule has 30 heavy (non-hydrogen) atoms. The fraction of sp³-hybridized carbons (Fsp3) is 0.348. The zero-order valence-electron chi connectivity index (χ0n) is 16.7. The van der Waals surface area contributed by atoms with Crippen molar-refractivity contribution in [2.45, 2.75) is 26.1 Å². The lowest BCUT2D eigenvalue weighted by Gasteiger charge is -2.25. The Morgan fingerprint density at radius 1 is 1.00 bits per heavy atom. The van der Waals surface area contributed by atoms with Crippen LogP contribution >= 0.6 is 11.6 Å². The van der Waals surface area contributed by atoms with E-state index in [4.69, 9.17) is 11.6 Å². The number of fused-ring (bicyclic) bond motifs is 2. The number of likely N-dealkylation sites (tertiary alicyclic amines) is 1. The molecular formula is C23H24ClN5O. The highest BCUT2D eigenvalue weighted by Crippen LogP contribution is 2.33. The first kappa shape index (κ1) is 19.3. The Labute approximate surface area is 180 Å². The largest absolute Gasteiger partial charge is 0.345 e. The molecule has 3 heterocycles. The molecule has 1 N–H and O–H groups in total. The van der Waals surface area contributed by atoms with Crippen LogP contribution < -0.4 is 5.32 Å². The van der Waals surface area contributed by atoms with Crippen molar-refractivity contribution in [3.05, 3.63) is 82.4 Å². The Balaban J connectivity index is 1.24. The molecule has 1 fully saturated rings. The number of nitrogens with zero attached hydrogens (tertiary/aromatic N) is 4. The Morgan fingerprint density at radius 3 is 2.60 bits per heavy atom. The van der Waals surface area contributed by atoms with Crippen LogP contribution in [-0.4, -0.2) is 38.7 Å². The molecule has 0 saturated carbocycles. The van der Waals surface area contributed by atoms with Gasteiger partial charge in [-0.05, 0) is 29.0 Å². The van der Waals surface area contributed by atoms with Crippen molar-refractivity contribution < 1.29 is 4.79 Å². The standard InChI is InChI=1S/C23H24ClN5O/c24-20-9-5-4-8-17(20)12-28-13-18-10-21-26-27-22(29(21)15-19(18)14-28)23(30)25-11-16-6-2-1-3-7-16/h1-9,18-19H,10-15H2,(H,25,30). The summed E-state index contributed by atoms with van der Waals surface area (Å²) < 4.78 is 2.01. The molecular weight excluding hydrogens is 398 g/mol. The highest BCUT2D eigenvalue weighted by molar-refractivity contribution is 6.31. The second-order valence-electron chi connectivity index (χ2n) is 8.23. The van der Waals surface area contributed by atoms with Crippen molar-refractivity contribution in [2.75, 3.05) is 13.1 Å². The molecule has 7 heteroatoms. The molecule has 2 atom stereocenters. The number of amides is 1. The van der Waals surface area contributed by atoms with Gasteiger partial charge in [-0.25, -0.2) is 0 Å². The maximum atomic E-state index is 12.7. The molecule has 2 aromatic carbocycles. The first-order valence-electron chi connectivity index (χ1n) is 10.4. The topological polar surface area (TPSA) is 63.1 Å². The minimum Gasteiger partial charge on any atom is -0.345 e. The molecule has 5 rings (SSSR count). The van der Waals surface area contributed by atoms with Gasteiger partial charge in [0.2, 0.25) is 5.82 Å². The first-order chi connectivity index (χ1) is 14.7. The third-order valence-electron chi connectivity index (χ3n) is 6.19. The molecule has 2 aliphatic rings. The van der Waals surface area contributed by atoms with E-state index in [1.807, 2.05) is 53.1 Å². The number of rotatable bonds is 5. The number of carbonyl (C=O) groups excluding carboxylic acids is 1. The number of hydrogen-bond donors (Lipinski definition) is 1. The summed E-state index contributed by atoms with van der Waals surface area (Å²) in [6.45, 7) is 4.16. The van der Waals surface area contributed by atoms with Crippen molar-refractivity contribution in [3.63, 3.8) is 0 Å². The van der Waals surface area contributed by atoms with Gasteiger partial charge in [0.05, 0.1) is 0 Å². The lowest BCUT2D eigenvalue weighted by molar-refractivity contribution is 0.0932. The second kappa shape index (κ2) is 8.20. The van der Waals surface area contributed by atoms with Gasteiger partial charge in [0.15, 0.2) is 0 Å². The molecule has 154 valence electrons. The van der Waals surface area contributed by atoms with Gasteiger partial charge < -0.3 is 9.88 Å². The molecule has 3 aromatic rings. The number of halogens is 1. The quantitative estimate of drug-likeness (QED) is 0.687. The van der Waals surface area contributed by atoms with Gasteiger partial charge >= 0.3 is 0 Å². The minimum atomic E-state index is -0.165. The van der Waals surface area contributed by atoms with Gasteiger partial charge in [0.1, 0.15) is 5.82 Å². The average molecular weight is 422 g/mol. The predicted molar refractivity (Wildman–Crippen MR) is 115 cm³/mol. The molecule has 0 spiro atoms. The summed E-state index contributed by atoms with van der Waals surface area (Å²) in [6, 6.07) is 17.9. The summed E-state index contributed by atoms with van der Waals surface area (Å²) in [6.07, 6.45) is 0.864. The zero-order valence-corrected chi connectivity index (χ0v) is 17.4. The third kappa shape index (κ3) is 3.85.